The number of ether oxygens (including phenoxy) is 1. The highest BCUT2D eigenvalue weighted by molar-refractivity contribution is 7.89. The van der Waals surface area contributed by atoms with Gasteiger partial charge in [0.25, 0.3) is 0 Å². The third kappa shape index (κ3) is 3.09. The Labute approximate surface area is 124 Å². The molecule has 0 amide bonds. The van der Waals surface area contributed by atoms with E-state index < -0.39 is 21.6 Å². The van der Waals surface area contributed by atoms with Crippen LogP contribution in [0, 0.1) is 0 Å². The van der Waals surface area contributed by atoms with Gasteiger partial charge in [0.2, 0.25) is 10.0 Å². The number of rotatable bonds is 4. The molecule has 0 spiro atoms. The SMILES string of the molecule is COC1(C)CCCN(S(=O)(=O)c2ccccc2C(=O)O)C1. The van der Waals surface area contributed by atoms with E-state index in [9.17, 15) is 13.2 Å². The van der Waals surface area contributed by atoms with Crippen LogP contribution in [0.5, 0.6) is 0 Å². The Kier molecular flexibility index (Phi) is 4.36. The summed E-state index contributed by atoms with van der Waals surface area (Å²) in [6.45, 7) is 2.45. The molecule has 1 aliphatic rings. The molecular formula is C14H19NO5S. The molecule has 7 heteroatoms. The first kappa shape index (κ1) is 15.9. The summed E-state index contributed by atoms with van der Waals surface area (Å²) in [5.74, 6) is -1.25. The van der Waals surface area contributed by atoms with E-state index in [4.69, 9.17) is 9.84 Å². The summed E-state index contributed by atoms with van der Waals surface area (Å²) < 4.78 is 32.1. The predicted molar refractivity (Wildman–Crippen MR) is 76.8 cm³/mol. The lowest BCUT2D eigenvalue weighted by Gasteiger charge is -2.38. The van der Waals surface area contributed by atoms with Crippen molar-refractivity contribution >= 4 is 16.0 Å². The lowest BCUT2D eigenvalue weighted by Crippen LogP contribution is -2.49. The quantitative estimate of drug-likeness (QED) is 0.912. The summed E-state index contributed by atoms with van der Waals surface area (Å²) in [4.78, 5) is 11.1. The number of carbonyl (C=O) groups is 1. The molecule has 1 N–H and O–H groups in total. The van der Waals surface area contributed by atoms with E-state index in [1.807, 2.05) is 6.92 Å². The number of aromatic carboxylic acids is 1. The number of sulfonamides is 1. The normalized spacial score (nSPS) is 23.9. The van der Waals surface area contributed by atoms with E-state index in [2.05, 4.69) is 0 Å². The number of benzene rings is 1. The minimum Gasteiger partial charge on any atom is -0.478 e. The van der Waals surface area contributed by atoms with Crippen LogP contribution < -0.4 is 0 Å². The first-order valence-corrected chi connectivity index (χ1v) is 8.12. The topological polar surface area (TPSA) is 83.9 Å². The molecule has 2 rings (SSSR count). The summed E-state index contributed by atoms with van der Waals surface area (Å²) in [6.07, 6.45) is 1.45. The Balaban J connectivity index is 2.41. The molecule has 1 aromatic carbocycles. The fraction of sp³-hybridized carbons (Fsp3) is 0.500. The molecule has 1 fully saturated rings. The van der Waals surface area contributed by atoms with Gasteiger partial charge in [0.15, 0.2) is 0 Å². The van der Waals surface area contributed by atoms with Gasteiger partial charge in [-0.1, -0.05) is 12.1 Å². The molecule has 1 atom stereocenters. The van der Waals surface area contributed by atoms with Gasteiger partial charge in [-0.05, 0) is 31.9 Å². The second-order valence-corrected chi connectivity index (χ2v) is 7.30. The second kappa shape index (κ2) is 5.75. The summed E-state index contributed by atoms with van der Waals surface area (Å²) in [5, 5.41) is 9.17. The van der Waals surface area contributed by atoms with E-state index in [1.165, 1.54) is 28.6 Å². The highest BCUT2D eigenvalue weighted by Gasteiger charge is 2.38. The van der Waals surface area contributed by atoms with Gasteiger partial charge in [0.05, 0.1) is 16.1 Å². The van der Waals surface area contributed by atoms with E-state index in [-0.39, 0.29) is 17.0 Å². The van der Waals surface area contributed by atoms with Gasteiger partial charge in [0.1, 0.15) is 0 Å². The molecule has 0 aromatic heterocycles. The Bertz CT molecular complexity index is 643. The maximum Gasteiger partial charge on any atom is 0.337 e. The number of hydrogen-bond acceptors (Lipinski definition) is 4. The lowest BCUT2D eigenvalue weighted by molar-refractivity contribution is -0.0319. The van der Waals surface area contributed by atoms with Crippen LogP contribution in [0.1, 0.15) is 30.1 Å². The zero-order chi connectivity index (χ0) is 15.7. The minimum absolute atomic E-state index is 0.169. The fourth-order valence-corrected chi connectivity index (χ4v) is 4.31. The van der Waals surface area contributed by atoms with Crippen LogP contribution in [0.4, 0.5) is 0 Å². The predicted octanol–water partition coefficient (Wildman–Crippen LogP) is 1.57. The largest absolute Gasteiger partial charge is 0.478 e. The zero-order valence-corrected chi connectivity index (χ0v) is 12.9. The third-order valence-corrected chi connectivity index (χ3v) is 5.76. The fourth-order valence-electron chi connectivity index (χ4n) is 2.54. The van der Waals surface area contributed by atoms with E-state index in [0.29, 0.717) is 13.0 Å². The standard InChI is InChI=1S/C14H19NO5S/c1-14(20-2)8-5-9-15(10-14)21(18,19)12-7-4-3-6-11(12)13(16)17/h3-4,6-7H,5,8-10H2,1-2H3,(H,16,17). The van der Waals surface area contributed by atoms with Crippen molar-refractivity contribution in [3.8, 4) is 0 Å². The van der Waals surface area contributed by atoms with Gasteiger partial charge >= 0.3 is 5.97 Å². The Morgan fingerprint density at radius 2 is 2.05 bits per heavy atom. The average Bonchev–Trinajstić information content (AvgIpc) is 2.47. The molecule has 1 saturated heterocycles. The van der Waals surface area contributed by atoms with Gasteiger partial charge < -0.3 is 9.84 Å². The van der Waals surface area contributed by atoms with Gasteiger partial charge in [-0.15, -0.1) is 0 Å². The van der Waals surface area contributed by atoms with Gasteiger partial charge in [-0.25, -0.2) is 13.2 Å². The van der Waals surface area contributed by atoms with E-state index in [1.54, 1.807) is 7.11 Å². The van der Waals surface area contributed by atoms with Gasteiger partial charge in [-0.3, -0.25) is 0 Å². The van der Waals surface area contributed by atoms with Crippen molar-refractivity contribution in [3.63, 3.8) is 0 Å². The summed E-state index contributed by atoms with van der Waals surface area (Å²) in [5.41, 5.74) is -0.745. The van der Waals surface area contributed by atoms with E-state index >= 15 is 0 Å². The molecular weight excluding hydrogens is 294 g/mol. The van der Waals surface area contributed by atoms with Crippen LogP contribution in [0.15, 0.2) is 29.2 Å². The Hall–Kier alpha value is -1.44. The van der Waals surface area contributed by atoms with Crippen LogP contribution in [0.3, 0.4) is 0 Å². The van der Waals surface area contributed by atoms with Crippen molar-refractivity contribution in [2.75, 3.05) is 20.2 Å². The maximum absolute atomic E-state index is 12.7. The molecule has 0 bridgehead atoms. The lowest BCUT2D eigenvalue weighted by atomic mass is 9.96. The van der Waals surface area contributed by atoms with Crippen molar-refractivity contribution in [1.82, 2.24) is 4.31 Å². The molecule has 21 heavy (non-hydrogen) atoms. The van der Waals surface area contributed by atoms with Crippen LogP contribution in [0.25, 0.3) is 0 Å². The molecule has 1 unspecified atom stereocenters. The molecule has 1 aliphatic heterocycles. The number of hydrogen-bond donors (Lipinski definition) is 1. The smallest absolute Gasteiger partial charge is 0.337 e. The molecule has 0 radical (unpaired) electrons. The Morgan fingerprint density at radius 1 is 1.38 bits per heavy atom. The molecule has 0 saturated carbocycles. The molecule has 116 valence electrons. The molecule has 6 nitrogen and oxygen atoms in total. The monoisotopic (exact) mass is 313 g/mol. The molecule has 0 aliphatic carbocycles. The summed E-state index contributed by atoms with van der Waals surface area (Å²) >= 11 is 0. The minimum atomic E-state index is -3.85. The highest BCUT2D eigenvalue weighted by Crippen LogP contribution is 2.29. The number of carboxylic acid groups (broad SMARTS) is 1. The zero-order valence-electron chi connectivity index (χ0n) is 12.1. The highest BCUT2D eigenvalue weighted by atomic mass is 32.2. The van der Waals surface area contributed by atoms with Crippen LogP contribution >= 0.6 is 0 Å². The van der Waals surface area contributed by atoms with Gasteiger partial charge in [0, 0.05) is 20.2 Å². The first-order chi connectivity index (χ1) is 9.80. The van der Waals surface area contributed by atoms with Crippen molar-refractivity contribution in [1.29, 1.82) is 0 Å². The molecule has 1 heterocycles. The summed E-state index contributed by atoms with van der Waals surface area (Å²) in [7, 11) is -2.29. The second-order valence-electron chi connectivity index (χ2n) is 5.40. The molecule has 1 aromatic rings. The number of carboxylic acids is 1. The van der Waals surface area contributed by atoms with Crippen molar-refractivity contribution in [2.24, 2.45) is 0 Å². The van der Waals surface area contributed by atoms with E-state index in [0.717, 1.165) is 6.42 Å². The third-order valence-electron chi connectivity index (χ3n) is 3.85. The van der Waals surface area contributed by atoms with Crippen LogP contribution in [0.2, 0.25) is 0 Å². The van der Waals surface area contributed by atoms with Gasteiger partial charge in [-0.2, -0.15) is 4.31 Å². The number of methoxy groups -OCH3 is 1. The Morgan fingerprint density at radius 3 is 2.67 bits per heavy atom. The average molecular weight is 313 g/mol. The van der Waals surface area contributed by atoms with Crippen molar-refractivity contribution < 1.29 is 23.1 Å². The number of nitrogens with zero attached hydrogens (tertiary/aromatic N) is 1. The number of piperidine rings is 1. The van der Waals surface area contributed by atoms with Crippen molar-refractivity contribution in [3.05, 3.63) is 29.8 Å². The summed E-state index contributed by atoms with van der Waals surface area (Å²) in [6, 6.07) is 5.67. The van der Waals surface area contributed by atoms with Crippen LogP contribution in [-0.2, 0) is 14.8 Å². The first-order valence-electron chi connectivity index (χ1n) is 6.68. The van der Waals surface area contributed by atoms with Crippen molar-refractivity contribution in [2.45, 2.75) is 30.3 Å². The van der Waals surface area contributed by atoms with Crippen LogP contribution in [-0.4, -0.2) is 49.6 Å². The maximum atomic E-state index is 12.7.